The summed E-state index contributed by atoms with van der Waals surface area (Å²) in [7, 11) is 1.69. The first-order valence-electron chi connectivity index (χ1n) is 5.56. The maximum Gasteiger partial charge on any atom is 0.118 e. The van der Waals surface area contributed by atoms with Gasteiger partial charge < -0.3 is 10.1 Å². The number of ether oxygens (including phenoxy) is 1. The van der Waals surface area contributed by atoms with Crippen LogP contribution >= 0.6 is 12.6 Å². The Hall–Kier alpha value is -0.670. The molecule has 1 aromatic carbocycles. The van der Waals surface area contributed by atoms with Crippen molar-refractivity contribution in [3.63, 3.8) is 0 Å². The third-order valence-electron chi connectivity index (χ3n) is 2.73. The third kappa shape index (κ3) is 3.72. The van der Waals surface area contributed by atoms with Crippen LogP contribution in [0.25, 0.3) is 0 Å². The molecule has 1 aromatic rings. The highest BCUT2D eigenvalue weighted by atomic mass is 32.1. The zero-order chi connectivity index (χ0) is 12.0. The Morgan fingerprint density at radius 1 is 1.25 bits per heavy atom. The molecule has 0 radical (unpaired) electrons. The van der Waals surface area contributed by atoms with E-state index in [4.69, 9.17) is 4.74 Å². The van der Waals surface area contributed by atoms with Crippen molar-refractivity contribution in [2.75, 3.05) is 26.0 Å². The van der Waals surface area contributed by atoms with Crippen LogP contribution in [0.4, 0.5) is 0 Å². The lowest BCUT2D eigenvalue weighted by Crippen LogP contribution is -2.33. The van der Waals surface area contributed by atoms with E-state index >= 15 is 0 Å². The second-order valence-corrected chi connectivity index (χ2v) is 4.96. The molecule has 90 valence electrons. The summed E-state index contributed by atoms with van der Waals surface area (Å²) in [5.41, 5.74) is 1.45. The number of nitrogens with one attached hydrogen (secondary N) is 1. The fourth-order valence-corrected chi connectivity index (χ4v) is 1.78. The van der Waals surface area contributed by atoms with E-state index in [0.29, 0.717) is 0 Å². The molecule has 3 heteroatoms. The van der Waals surface area contributed by atoms with Crippen molar-refractivity contribution in [3.05, 3.63) is 29.8 Å². The second-order valence-electron chi connectivity index (χ2n) is 4.51. The summed E-state index contributed by atoms with van der Waals surface area (Å²) in [4.78, 5) is 0. The van der Waals surface area contributed by atoms with E-state index in [1.165, 1.54) is 5.56 Å². The fourth-order valence-electron chi connectivity index (χ4n) is 1.62. The van der Waals surface area contributed by atoms with Crippen molar-refractivity contribution < 1.29 is 4.74 Å². The summed E-state index contributed by atoms with van der Waals surface area (Å²) < 4.78 is 5.15. The maximum absolute atomic E-state index is 5.15. The lowest BCUT2D eigenvalue weighted by Gasteiger charge is -2.25. The smallest absolute Gasteiger partial charge is 0.118 e. The Morgan fingerprint density at radius 2 is 1.88 bits per heavy atom. The molecule has 2 nitrogen and oxygen atoms in total. The standard InChI is InChI=1S/C13H21NOS/c1-13(2,10-14-8-9-16)11-4-6-12(15-3)7-5-11/h4-7,14,16H,8-10H2,1-3H3. The number of thiol groups is 1. The zero-order valence-electron chi connectivity index (χ0n) is 10.3. The van der Waals surface area contributed by atoms with E-state index in [9.17, 15) is 0 Å². The molecule has 0 bridgehead atoms. The second kappa shape index (κ2) is 6.16. The van der Waals surface area contributed by atoms with E-state index < -0.39 is 0 Å². The molecular weight excluding hydrogens is 218 g/mol. The zero-order valence-corrected chi connectivity index (χ0v) is 11.2. The molecule has 16 heavy (non-hydrogen) atoms. The molecule has 0 aliphatic carbocycles. The first-order valence-corrected chi connectivity index (χ1v) is 6.19. The Morgan fingerprint density at radius 3 is 2.38 bits per heavy atom. The molecule has 0 saturated carbocycles. The molecule has 0 aromatic heterocycles. The summed E-state index contributed by atoms with van der Waals surface area (Å²) in [6.07, 6.45) is 0. The van der Waals surface area contributed by atoms with Gasteiger partial charge in [0.25, 0.3) is 0 Å². The van der Waals surface area contributed by atoms with Gasteiger partial charge in [-0.15, -0.1) is 0 Å². The van der Waals surface area contributed by atoms with Gasteiger partial charge in [-0.3, -0.25) is 0 Å². The minimum atomic E-state index is 0.134. The van der Waals surface area contributed by atoms with Crippen LogP contribution in [0, 0.1) is 0 Å². The lowest BCUT2D eigenvalue weighted by atomic mass is 9.84. The van der Waals surface area contributed by atoms with Gasteiger partial charge in [0.2, 0.25) is 0 Å². The quantitative estimate of drug-likeness (QED) is 0.588. The van der Waals surface area contributed by atoms with Crippen molar-refractivity contribution in [1.29, 1.82) is 0 Å². The Kier molecular flexibility index (Phi) is 5.16. The average molecular weight is 239 g/mol. The lowest BCUT2D eigenvalue weighted by molar-refractivity contribution is 0.413. The Labute approximate surface area is 104 Å². The van der Waals surface area contributed by atoms with Crippen molar-refractivity contribution in [1.82, 2.24) is 5.32 Å². The molecule has 0 aliphatic rings. The van der Waals surface area contributed by atoms with Gasteiger partial charge in [-0.25, -0.2) is 0 Å². The predicted octanol–water partition coefficient (Wildman–Crippen LogP) is 2.49. The number of rotatable bonds is 6. The van der Waals surface area contributed by atoms with Crippen LogP contribution < -0.4 is 10.1 Å². The van der Waals surface area contributed by atoms with E-state index in [0.717, 1.165) is 24.6 Å². The molecule has 0 amide bonds. The van der Waals surface area contributed by atoms with E-state index in [1.54, 1.807) is 7.11 Å². The number of methoxy groups -OCH3 is 1. The summed E-state index contributed by atoms with van der Waals surface area (Å²) in [5, 5.41) is 3.39. The minimum Gasteiger partial charge on any atom is -0.497 e. The molecule has 0 heterocycles. The normalized spacial score (nSPS) is 11.5. The highest BCUT2D eigenvalue weighted by Crippen LogP contribution is 2.24. The van der Waals surface area contributed by atoms with Gasteiger partial charge in [-0.05, 0) is 17.7 Å². The van der Waals surface area contributed by atoms with E-state index in [1.807, 2.05) is 12.1 Å². The summed E-state index contributed by atoms with van der Waals surface area (Å²) in [6, 6.07) is 8.27. The van der Waals surface area contributed by atoms with Crippen LogP contribution in [0.2, 0.25) is 0 Å². The van der Waals surface area contributed by atoms with Crippen molar-refractivity contribution >= 4 is 12.6 Å². The molecule has 1 rings (SSSR count). The van der Waals surface area contributed by atoms with Gasteiger partial charge in [0.1, 0.15) is 5.75 Å². The molecular formula is C13H21NOS. The molecule has 0 unspecified atom stereocenters. The number of hydrogen-bond donors (Lipinski definition) is 2. The SMILES string of the molecule is COc1ccc(C(C)(C)CNCCS)cc1. The molecule has 0 spiro atoms. The van der Waals surface area contributed by atoms with Gasteiger partial charge in [0.15, 0.2) is 0 Å². The third-order valence-corrected chi connectivity index (χ3v) is 2.95. The Bertz CT molecular complexity index is 308. The predicted molar refractivity (Wildman–Crippen MR) is 72.7 cm³/mol. The maximum atomic E-state index is 5.15. The van der Waals surface area contributed by atoms with Crippen LogP contribution in [-0.4, -0.2) is 26.0 Å². The van der Waals surface area contributed by atoms with Crippen molar-refractivity contribution in [3.8, 4) is 5.75 Å². The molecule has 0 aliphatic heterocycles. The van der Waals surface area contributed by atoms with Crippen LogP contribution in [0.3, 0.4) is 0 Å². The largest absolute Gasteiger partial charge is 0.497 e. The topological polar surface area (TPSA) is 21.3 Å². The molecule has 0 fully saturated rings. The first kappa shape index (κ1) is 13.4. The summed E-state index contributed by atoms with van der Waals surface area (Å²) in [5.74, 6) is 1.78. The first-order chi connectivity index (χ1) is 7.60. The molecule has 0 saturated heterocycles. The summed E-state index contributed by atoms with van der Waals surface area (Å²) in [6.45, 7) is 6.38. The number of benzene rings is 1. The highest BCUT2D eigenvalue weighted by Gasteiger charge is 2.19. The molecule has 0 atom stereocenters. The summed E-state index contributed by atoms with van der Waals surface area (Å²) >= 11 is 4.18. The van der Waals surface area contributed by atoms with Gasteiger partial charge in [-0.2, -0.15) is 12.6 Å². The van der Waals surface area contributed by atoms with Gasteiger partial charge >= 0.3 is 0 Å². The van der Waals surface area contributed by atoms with Gasteiger partial charge in [0, 0.05) is 24.3 Å². The van der Waals surface area contributed by atoms with Crippen LogP contribution in [0.15, 0.2) is 24.3 Å². The van der Waals surface area contributed by atoms with Crippen LogP contribution in [-0.2, 0) is 5.41 Å². The highest BCUT2D eigenvalue weighted by molar-refractivity contribution is 7.80. The van der Waals surface area contributed by atoms with Gasteiger partial charge in [0.05, 0.1) is 7.11 Å². The van der Waals surface area contributed by atoms with Crippen molar-refractivity contribution in [2.45, 2.75) is 19.3 Å². The minimum absolute atomic E-state index is 0.134. The van der Waals surface area contributed by atoms with E-state index in [2.05, 4.69) is 43.9 Å². The molecule has 1 N–H and O–H groups in total. The van der Waals surface area contributed by atoms with Crippen LogP contribution in [0.5, 0.6) is 5.75 Å². The van der Waals surface area contributed by atoms with Gasteiger partial charge in [-0.1, -0.05) is 26.0 Å². The Balaban J connectivity index is 2.65. The average Bonchev–Trinajstić information content (AvgIpc) is 2.29. The van der Waals surface area contributed by atoms with E-state index in [-0.39, 0.29) is 5.41 Å². The number of hydrogen-bond acceptors (Lipinski definition) is 3. The van der Waals surface area contributed by atoms with Crippen molar-refractivity contribution in [2.24, 2.45) is 0 Å². The van der Waals surface area contributed by atoms with Crippen LogP contribution in [0.1, 0.15) is 19.4 Å². The fraction of sp³-hybridized carbons (Fsp3) is 0.538. The monoisotopic (exact) mass is 239 g/mol.